The summed E-state index contributed by atoms with van der Waals surface area (Å²) in [7, 11) is 0. The molecule has 1 aliphatic carbocycles. The first-order valence-electron chi connectivity index (χ1n) is 18.4. The van der Waals surface area contributed by atoms with Crippen LogP contribution in [0.15, 0.2) is 189 Å². The van der Waals surface area contributed by atoms with Gasteiger partial charge in [0, 0.05) is 41.3 Å². The number of hydrogen-bond acceptors (Lipinski definition) is 3. The number of para-hydroxylation sites is 1. The molecular weight excluding hydrogens is 693 g/mol. The summed E-state index contributed by atoms with van der Waals surface area (Å²) >= 11 is 3.80. The highest BCUT2D eigenvalue weighted by molar-refractivity contribution is 8.05. The van der Waals surface area contributed by atoms with Gasteiger partial charge in [-0.15, -0.1) is 0 Å². The lowest BCUT2D eigenvalue weighted by Gasteiger charge is -2.24. The van der Waals surface area contributed by atoms with E-state index >= 15 is 0 Å². The fourth-order valence-electron chi connectivity index (χ4n) is 8.54. The Morgan fingerprint density at radius 1 is 0.426 bits per heavy atom. The van der Waals surface area contributed by atoms with Crippen LogP contribution in [0, 0.1) is 0 Å². The molecule has 4 heteroatoms. The van der Waals surface area contributed by atoms with Crippen LogP contribution in [0.2, 0.25) is 0 Å². The molecule has 0 saturated heterocycles. The van der Waals surface area contributed by atoms with Gasteiger partial charge in [0.25, 0.3) is 0 Å². The summed E-state index contributed by atoms with van der Waals surface area (Å²) in [5, 5.41) is 2.44. The number of fused-ring (bicyclic) bond motifs is 8. The van der Waals surface area contributed by atoms with Gasteiger partial charge in [0.2, 0.25) is 0 Å². The third kappa shape index (κ3) is 4.94. The van der Waals surface area contributed by atoms with Gasteiger partial charge in [0.15, 0.2) is 0 Å². The zero-order valence-corrected chi connectivity index (χ0v) is 31.5. The van der Waals surface area contributed by atoms with Gasteiger partial charge in [-0.05, 0) is 105 Å². The van der Waals surface area contributed by atoms with Crippen LogP contribution in [0.1, 0.15) is 25.0 Å². The standard InChI is InChI=1S/C50H34N2S2/c1-50(2)40-23-21-33(25-37(40)38-29-47-48(30-41(38)50)54-46-20-12-11-19-45(46)53-47)34-22-24-44-39(26-34)36-17-9-10-18-43(36)52(44)49-28-35(31-13-5-3-6-14-31)27-42(51-49)32-15-7-4-8-16-32/h3-30H,1-2H3. The molecule has 0 atom stereocenters. The highest BCUT2D eigenvalue weighted by Gasteiger charge is 2.37. The highest BCUT2D eigenvalue weighted by Crippen LogP contribution is 2.56. The van der Waals surface area contributed by atoms with Gasteiger partial charge < -0.3 is 0 Å². The zero-order valence-electron chi connectivity index (χ0n) is 29.9. The Hall–Kier alpha value is -5.81. The Morgan fingerprint density at radius 3 is 1.81 bits per heavy atom. The Morgan fingerprint density at radius 2 is 1.04 bits per heavy atom. The van der Waals surface area contributed by atoms with E-state index in [9.17, 15) is 0 Å². The summed E-state index contributed by atoms with van der Waals surface area (Å²) in [6.07, 6.45) is 0. The van der Waals surface area contributed by atoms with E-state index in [0.29, 0.717) is 0 Å². The first kappa shape index (κ1) is 31.7. The molecule has 3 heterocycles. The van der Waals surface area contributed by atoms with Crippen molar-refractivity contribution < 1.29 is 0 Å². The maximum absolute atomic E-state index is 5.33. The molecule has 256 valence electrons. The summed E-state index contributed by atoms with van der Waals surface area (Å²) in [5.74, 6) is 0.910. The smallest absolute Gasteiger partial charge is 0.138 e. The normalized spacial score (nSPS) is 13.7. The molecule has 7 aromatic carbocycles. The van der Waals surface area contributed by atoms with Gasteiger partial charge in [-0.25, -0.2) is 4.98 Å². The molecule has 9 aromatic rings. The van der Waals surface area contributed by atoms with Crippen molar-refractivity contribution in [3.63, 3.8) is 0 Å². The minimum absolute atomic E-state index is 0.0717. The monoisotopic (exact) mass is 726 g/mol. The maximum Gasteiger partial charge on any atom is 0.138 e. The van der Waals surface area contributed by atoms with Gasteiger partial charge in [-0.2, -0.15) is 0 Å². The second kappa shape index (κ2) is 12.1. The average molecular weight is 727 g/mol. The van der Waals surface area contributed by atoms with Crippen molar-refractivity contribution in [3.8, 4) is 50.5 Å². The number of nitrogens with zero attached hydrogens (tertiary/aromatic N) is 2. The summed E-state index contributed by atoms with van der Waals surface area (Å²) in [4.78, 5) is 10.7. The maximum atomic E-state index is 5.33. The van der Waals surface area contributed by atoms with E-state index in [1.165, 1.54) is 69.3 Å². The molecular formula is C50H34N2S2. The Labute approximate surface area is 323 Å². The molecule has 0 fully saturated rings. The van der Waals surface area contributed by atoms with Gasteiger partial charge in [0.05, 0.1) is 16.7 Å². The Bertz CT molecular complexity index is 2900. The Kier molecular flexibility index (Phi) is 7.11. The molecule has 0 N–H and O–H groups in total. The van der Waals surface area contributed by atoms with Gasteiger partial charge in [-0.1, -0.05) is 147 Å². The Balaban J connectivity index is 1.06. The van der Waals surface area contributed by atoms with E-state index in [4.69, 9.17) is 4.98 Å². The molecule has 1 aliphatic heterocycles. The van der Waals surface area contributed by atoms with Gasteiger partial charge in [0.1, 0.15) is 5.82 Å². The van der Waals surface area contributed by atoms with E-state index in [-0.39, 0.29) is 5.41 Å². The van der Waals surface area contributed by atoms with Gasteiger partial charge in [-0.3, -0.25) is 4.57 Å². The van der Waals surface area contributed by atoms with Crippen LogP contribution in [0.25, 0.3) is 72.3 Å². The second-order valence-corrected chi connectivity index (χ2v) is 17.0. The summed E-state index contributed by atoms with van der Waals surface area (Å²) < 4.78 is 2.34. The van der Waals surface area contributed by atoms with E-state index in [0.717, 1.165) is 33.7 Å². The van der Waals surface area contributed by atoms with Crippen molar-refractivity contribution in [1.29, 1.82) is 0 Å². The van der Waals surface area contributed by atoms with E-state index in [1.54, 1.807) is 0 Å². The van der Waals surface area contributed by atoms with Crippen molar-refractivity contribution in [2.45, 2.75) is 38.8 Å². The fraction of sp³-hybridized carbons (Fsp3) is 0.0600. The van der Waals surface area contributed by atoms with E-state index in [1.807, 2.05) is 23.5 Å². The predicted molar refractivity (Wildman–Crippen MR) is 227 cm³/mol. The third-order valence-electron chi connectivity index (χ3n) is 11.3. The summed E-state index contributed by atoms with van der Waals surface area (Å²) in [5.41, 5.74) is 14.6. The second-order valence-electron chi connectivity index (χ2n) is 14.8. The van der Waals surface area contributed by atoms with Crippen molar-refractivity contribution in [1.82, 2.24) is 9.55 Å². The molecule has 0 amide bonds. The van der Waals surface area contributed by atoms with Crippen LogP contribution >= 0.6 is 23.5 Å². The molecule has 0 bridgehead atoms. The van der Waals surface area contributed by atoms with Crippen molar-refractivity contribution >= 4 is 45.3 Å². The molecule has 11 rings (SSSR count). The van der Waals surface area contributed by atoms with Crippen LogP contribution in [0.5, 0.6) is 0 Å². The molecule has 54 heavy (non-hydrogen) atoms. The van der Waals surface area contributed by atoms with Gasteiger partial charge >= 0.3 is 0 Å². The lowest BCUT2D eigenvalue weighted by Crippen LogP contribution is -2.15. The number of benzene rings is 7. The number of hydrogen-bond donors (Lipinski definition) is 0. The quantitative estimate of drug-likeness (QED) is 0.180. The molecule has 0 saturated carbocycles. The number of aromatic nitrogens is 2. The lowest BCUT2D eigenvalue weighted by atomic mass is 9.82. The molecule has 0 radical (unpaired) electrons. The third-order valence-corrected chi connectivity index (χ3v) is 13.8. The van der Waals surface area contributed by atoms with Crippen LogP contribution in [-0.4, -0.2) is 9.55 Å². The number of rotatable bonds is 4. The predicted octanol–water partition coefficient (Wildman–Crippen LogP) is 14.1. The molecule has 2 aliphatic rings. The van der Waals surface area contributed by atoms with Crippen molar-refractivity contribution in [3.05, 3.63) is 181 Å². The number of pyridine rings is 1. The SMILES string of the molecule is CC1(C)c2ccc(-c3ccc4c(c3)c3ccccc3n4-c3cc(-c4ccccc4)cc(-c4ccccc4)n3)cc2-c2cc3c(cc21)Sc1ccccc1S3. The zero-order chi connectivity index (χ0) is 36.0. The minimum Gasteiger partial charge on any atom is -0.294 e. The average Bonchev–Trinajstić information content (AvgIpc) is 3.67. The molecule has 0 spiro atoms. The highest BCUT2D eigenvalue weighted by atomic mass is 32.2. The topological polar surface area (TPSA) is 17.8 Å². The fourth-order valence-corrected chi connectivity index (χ4v) is 10.8. The largest absolute Gasteiger partial charge is 0.294 e. The van der Waals surface area contributed by atoms with E-state index in [2.05, 4.69) is 188 Å². The van der Waals surface area contributed by atoms with Crippen LogP contribution in [0.3, 0.4) is 0 Å². The van der Waals surface area contributed by atoms with Crippen LogP contribution < -0.4 is 0 Å². The van der Waals surface area contributed by atoms with Crippen molar-refractivity contribution in [2.24, 2.45) is 0 Å². The van der Waals surface area contributed by atoms with Crippen LogP contribution in [-0.2, 0) is 5.41 Å². The summed E-state index contributed by atoms with van der Waals surface area (Å²) in [6.45, 7) is 4.76. The van der Waals surface area contributed by atoms with E-state index < -0.39 is 0 Å². The first-order valence-corrected chi connectivity index (χ1v) is 20.1. The molecule has 2 nitrogen and oxygen atoms in total. The molecule has 2 aromatic heterocycles. The van der Waals surface area contributed by atoms with Crippen molar-refractivity contribution in [2.75, 3.05) is 0 Å². The molecule has 0 unspecified atom stereocenters. The first-order chi connectivity index (χ1) is 26.5. The summed E-state index contributed by atoms with van der Waals surface area (Å²) in [6, 6.07) is 62.1. The lowest BCUT2D eigenvalue weighted by molar-refractivity contribution is 0.657. The minimum atomic E-state index is -0.0717. The van der Waals surface area contributed by atoms with Crippen LogP contribution in [0.4, 0.5) is 0 Å².